The summed E-state index contributed by atoms with van der Waals surface area (Å²) in [4.78, 5) is 24.7. The Bertz CT molecular complexity index is 1210. The van der Waals surface area contributed by atoms with Crippen LogP contribution >= 0.6 is 11.6 Å². The van der Waals surface area contributed by atoms with Gasteiger partial charge in [0.1, 0.15) is 11.7 Å². The summed E-state index contributed by atoms with van der Waals surface area (Å²) in [5.41, 5.74) is 8.00. The highest BCUT2D eigenvalue weighted by atomic mass is 35.5. The minimum atomic E-state index is -0.530. The van der Waals surface area contributed by atoms with E-state index in [1.54, 1.807) is 33.9 Å². The molecule has 2 aromatic heterocycles. The first kappa shape index (κ1) is 22.5. The molecule has 10 heteroatoms. The van der Waals surface area contributed by atoms with E-state index in [1.807, 2.05) is 19.1 Å². The second-order valence-corrected chi connectivity index (χ2v) is 9.46. The van der Waals surface area contributed by atoms with Gasteiger partial charge in [0, 0.05) is 17.3 Å². The van der Waals surface area contributed by atoms with Crippen molar-refractivity contribution in [2.75, 3.05) is 0 Å². The van der Waals surface area contributed by atoms with Crippen molar-refractivity contribution in [2.24, 2.45) is 5.73 Å². The van der Waals surface area contributed by atoms with Gasteiger partial charge in [0.25, 0.3) is 11.8 Å². The Morgan fingerprint density at radius 2 is 1.79 bits per heavy atom. The van der Waals surface area contributed by atoms with Crippen LogP contribution in [-0.2, 0) is 0 Å². The van der Waals surface area contributed by atoms with Crippen molar-refractivity contribution < 1.29 is 14.3 Å². The average molecular weight is 483 g/mol. The maximum atomic E-state index is 12.9. The zero-order valence-corrected chi connectivity index (χ0v) is 19.7. The molecule has 2 amide bonds. The lowest BCUT2D eigenvalue weighted by molar-refractivity contribution is 0.0880. The second-order valence-electron chi connectivity index (χ2n) is 9.02. The first-order chi connectivity index (χ1) is 16.4. The summed E-state index contributed by atoms with van der Waals surface area (Å²) in [5.74, 6) is -0.351. The number of halogens is 1. The van der Waals surface area contributed by atoms with Crippen molar-refractivity contribution in [3.05, 3.63) is 58.5 Å². The van der Waals surface area contributed by atoms with Gasteiger partial charge in [-0.25, -0.2) is 4.68 Å². The molecular weight excluding hydrogens is 456 g/mol. The van der Waals surface area contributed by atoms with Crippen LogP contribution in [0.4, 0.5) is 0 Å². The first-order valence-corrected chi connectivity index (χ1v) is 11.9. The number of carbonyl (C=O) groups excluding carboxylic acids is 2. The SMILES string of the molecule is Cc1c(C(=O)NC2CCC(Oc3nn(C4CC4)cc3C(N)=O)CC2)cnn1-c1ccc(Cl)cc1. The third kappa shape index (κ3) is 4.65. The number of benzene rings is 1. The Balaban J connectivity index is 1.17. The number of rotatable bonds is 7. The normalized spacial score (nSPS) is 20.2. The Kier molecular flexibility index (Phi) is 6.03. The largest absolute Gasteiger partial charge is 0.473 e. The number of primary amides is 1. The second kappa shape index (κ2) is 9.13. The molecule has 0 aliphatic heterocycles. The summed E-state index contributed by atoms with van der Waals surface area (Å²) < 4.78 is 9.57. The van der Waals surface area contributed by atoms with Gasteiger partial charge in [0.15, 0.2) is 0 Å². The van der Waals surface area contributed by atoms with E-state index < -0.39 is 5.91 Å². The number of amides is 2. The van der Waals surface area contributed by atoms with Crippen LogP contribution in [0.1, 0.15) is 71.0 Å². The highest BCUT2D eigenvalue weighted by Crippen LogP contribution is 2.36. The summed E-state index contributed by atoms with van der Waals surface area (Å²) in [7, 11) is 0. The Hall–Kier alpha value is -3.33. The van der Waals surface area contributed by atoms with Gasteiger partial charge in [-0.3, -0.25) is 14.3 Å². The summed E-state index contributed by atoms with van der Waals surface area (Å²) >= 11 is 5.97. The minimum absolute atomic E-state index is 0.0465. The molecular formula is C24H27ClN6O3. The molecule has 0 unspecified atom stereocenters. The lowest BCUT2D eigenvalue weighted by atomic mass is 9.92. The fourth-order valence-electron chi connectivity index (χ4n) is 4.38. The molecule has 3 aromatic rings. The average Bonchev–Trinajstić information content (AvgIpc) is 3.47. The third-order valence-corrected chi connectivity index (χ3v) is 6.75. The van der Waals surface area contributed by atoms with Gasteiger partial charge in [-0.15, -0.1) is 5.10 Å². The number of hydrogen-bond acceptors (Lipinski definition) is 5. The maximum absolute atomic E-state index is 12.9. The number of nitrogens with two attached hydrogens (primary N) is 1. The molecule has 2 aliphatic rings. The monoisotopic (exact) mass is 482 g/mol. The topological polar surface area (TPSA) is 117 Å². The van der Waals surface area contributed by atoms with E-state index >= 15 is 0 Å². The summed E-state index contributed by atoms with van der Waals surface area (Å²) in [6, 6.07) is 7.70. The molecule has 0 atom stereocenters. The number of nitrogens with zero attached hydrogens (tertiary/aromatic N) is 4. The zero-order valence-electron chi connectivity index (χ0n) is 18.9. The number of aromatic nitrogens is 4. The Morgan fingerprint density at radius 1 is 1.09 bits per heavy atom. The van der Waals surface area contributed by atoms with Crippen molar-refractivity contribution in [2.45, 2.75) is 63.6 Å². The molecule has 0 spiro atoms. The van der Waals surface area contributed by atoms with E-state index in [9.17, 15) is 9.59 Å². The molecule has 2 fully saturated rings. The van der Waals surface area contributed by atoms with Gasteiger partial charge in [0.05, 0.1) is 29.2 Å². The van der Waals surface area contributed by atoms with Gasteiger partial charge >= 0.3 is 0 Å². The number of nitrogens with one attached hydrogen (secondary N) is 1. The molecule has 34 heavy (non-hydrogen) atoms. The van der Waals surface area contributed by atoms with Crippen LogP contribution in [0.3, 0.4) is 0 Å². The summed E-state index contributed by atoms with van der Waals surface area (Å²) in [6.45, 7) is 1.87. The fraction of sp³-hybridized carbons (Fsp3) is 0.417. The van der Waals surface area contributed by atoms with Crippen molar-refractivity contribution >= 4 is 23.4 Å². The standard InChI is InChI=1S/C24H27ClN6O3/c1-14-20(12-27-31(14)18-6-2-15(25)3-7-18)23(33)28-16-4-10-19(11-5-16)34-24-21(22(26)32)13-30(29-24)17-8-9-17/h2-3,6-7,12-13,16-17,19H,4-5,8-11H2,1H3,(H2,26,32)(H,28,33). The van der Waals surface area contributed by atoms with E-state index in [0.717, 1.165) is 49.9 Å². The van der Waals surface area contributed by atoms with E-state index in [0.29, 0.717) is 28.1 Å². The molecule has 2 aliphatic carbocycles. The van der Waals surface area contributed by atoms with Crippen LogP contribution in [0, 0.1) is 6.92 Å². The van der Waals surface area contributed by atoms with Gasteiger partial charge in [-0.2, -0.15) is 5.10 Å². The number of hydrogen-bond donors (Lipinski definition) is 2. The summed E-state index contributed by atoms with van der Waals surface area (Å²) in [6.07, 6.45) is 8.38. The smallest absolute Gasteiger partial charge is 0.255 e. The predicted octanol–water partition coefficient (Wildman–Crippen LogP) is 3.58. The zero-order chi connectivity index (χ0) is 23.8. The van der Waals surface area contributed by atoms with Crippen molar-refractivity contribution in [3.8, 4) is 11.6 Å². The maximum Gasteiger partial charge on any atom is 0.255 e. The Labute approximate surface area is 202 Å². The molecule has 2 saturated carbocycles. The van der Waals surface area contributed by atoms with Crippen LogP contribution in [0.5, 0.6) is 5.88 Å². The number of ether oxygens (including phenoxy) is 1. The van der Waals surface area contributed by atoms with Crippen molar-refractivity contribution in [3.63, 3.8) is 0 Å². The highest BCUT2D eigenvalue weighted by molar-refractivity contribution is 6.30. The van der Waals surface area contributed by atoms with Crippen LogP contribution in [0.15, 0.2) is 36.7 Å². The van der Waals surface area contributed by atoms with Gasteiger partial charge in [-0.05, 0) is 69.7 Å². The highest BCUT2D eigenvalue weighted by Gasteiger charge is 2.30. The molecule has 0 saturated heterocycles. The molecule has 0 bridgehead atoms. The van der Waals surface area contributed by atoms with Crippen LogP contribution < -0.4 is 15.8 Å². The molecule has 0 radical (unpaired) electrons. The van der Waals surface area contributed by atoms with E-state index in [2.05, 4.69) is 15.5 Å². The van der Waals surface area contributed by atoms with Crippen LogP contribution in [0.2, 0.25) is 5.02 Å². The summed E-state index contributed by atoms with van der Waals surface area (Å²) in [5, 5.41) is 12.6. The molecule has 3 N–H and O–H groups in total. The van der Waals surface area contributed by atoms with Gasteiger partial charge in [-0.1, -0.05) is 11.6 Å². The van der Waals surface area contributed by atoms with Crippen LogP contribution in [-0.4, -0.2) is 43.5 Å². The first-order valence-electron chi connectivity index (χ1n) is 11.6. The molecule has 2 heterocycles. The minimum Gasteiger partial charge on any atom is -0.473 e. The quantitative estimate of drug-likeness (QED) is 0.533. The van der Waals surface area contributed by atoms with Crippen molar-refractivity contribution in [1.82, 2.24) is 24.9 Å². The van der Waals surface area contributed by atoms with Crippen molar-refractivity contribution in [1.29, 1.82) is 0 Å². The van der Waals surface area contributed by atoms with Gasteiger partial charge < -0.3 is 15.8 Å². The predicted molar refractivity (Wildman–Crippen MR) is 126 cm³/mol. The molecule has 178 valence electrons. The number of carbonyl (C=O) groups is 2. The van der Waals surface area contributed by atoms with E-state index in [-0.39, 0.29) is 18.1 Å². The van der Waals surface area contributed by atoms with Crippen LogP contribution in [0.25, 0.3) is 5.69 Å². The fourth-order valence-corrected chi connectivity index (χ4v) is 4.50. The third-order valence-electron chi connectivity index (χ3n) is 6.50. The molecule has 9 nitrogen and oxygen atoms in total. The van der Waals surface area contributed by atoms with Gasteiger partial charge in [0.2, 0.25) is 5.88 Å². The molecule has 1 aromatic carbocycles. The Morgan fingerprint density at radius 3 is 2.44 bits per heavy atom. The lowest BCUT2D eigenvalue weighted by Gasteiger charge is -2.29. The lowest BCUT2D eigenvalue weighted by Crippen LogP contribution is -2.40. The molecule has 5 rings (SSSR count). The van der Waals surface area contributed by atoms with E-state index in [1.165, 1.54) is 0 Å². The van der Waals surface area contributed by atoms with E-state index in [4.69, 9.17) is 22.1 Å².